The summed E-state index contributed by atoms with van der Waals surface area (Å²) in [6.07, 6.45) is 13.2. The van der Waals surface area contributed by atoms with Crippen LogP contribution in [0.1, 0.15) is 154 Å². The summed E-state index contributed by atoms with van der Waals surface area (Å²) in [4.78, 5) is 84.0. The van der Waals surface area contributed by atoms with Gasteiger partial charge in [-0.3, -0.25) is 29.0 Å². The lowest BCUT2D eigenvalue weighted by molar-refractivity contribution is -0.137. The van der Waals surface area contributed by atoms with E-state index in [-0.39, 0.29) is 107 Å². The molecule has 6 aliphatic rings. The lowest BCUT2D eigenvalue weighted by Crippen LogP contribution is -2.60. The van der Waals surface area contributed by atoms with Crippen LogP contribution in [-0.4, -0.2) is 135 Å². The van der Waals surface area contributed by atoms with Gasteiger partial charge in [-0.05, 0) is 153 Å². The highest BCUT2D eigenvalue weighted by Gasteiger charge is 2.49. The van der Waals surface area contributed by atoms with E-state index in [1.54, 1.807) is 12.4 Å². The number of halogens is 3. The minimum atomic E-state index is -4.55. The van der Waals surface area contributed by atoms with Crippen molar-refractivity contribution in [2.75, 3.05) is 31.6 Å². The molecule has 6 fully saturated rings. The first-order valence-electron chi connectivity index (χ1n) is 28.0. The Hall–Kier alpha value is -5.47. The molecule has 4 aliphatic carbocycles. The molecule has 17 nitrogen and oxygen atoms in total. The molecular weight excluding hydrogens is 982 g/mol. The van der Waals surface area contributed by atoms with E-state index in [1.807, 2.05) is 21.9 Å². The zero-order valence-corrected chi connectivity index (χ0v) is 44.3. The molecule has 76 heavy (non-hydrogen) atoms. The molecule has 0 unspecified atom stereocenters. The van der Waals surface area contributed by atoms with Crippen LogP contribution in [0.5, 0.6) is 0 Å². The molecule has 0 radical (unpaired) electrons. The van der Waals surface area contributed by atoms with E-state index in [4.69, 9.17) is 9.47 Å². The van der Waals surface area contributed by atoms with Gasteiger partial charge in [0.2, 0.25) is 29.5 Å². The maximum atomic E-state index is 14.1. The Kier molecular flexibility index (Phi) is 17.8. The van der Waals surface area contributed by atoms with Crippen LogP contribution in [-0.2, 0) is 39.6 Å². The molecule has 2 saturated heterocycles. The van der Waals surface area contributed by atoms with Gasteiger partial charge in [-0.15, -0.1) is 0 Å². The highest BCUT2D eigenvalue weighted by atomic mass is 19.4. The zero-order valence-electron chi connectivity index (χ0n) is 44.3. The number of fused-ring (bicyclic) bond motifs is 1. The zero-order chi connectivity index (χ0) is 53.6. The lowest BCUT2D eigenvalue weighted by Gasteiger charge is -2.43. The first kappa shape index (κ1) is 55.3. The number of likely N-dealkylation sites (tertiary alicyclic amines) is 2. The second kappa shape index (κ2) is 24.5. The number of nitrogens with zero attached hydrogens (tertiary/aromatic N) is 5. The molecule has 3 aromatic rings. The van der Waals surface area contributed by atoms with Gasteiger partial charge in [-0.25, -0.2) is 9.97 Å². The highest BCUT2D eigenvalue weighted by molar-refractivity contribution is 5.94. The summed E-state index contributed by atoms with van der Waals surface area (Å²) >= 11 is 0. The third kappa shape index (κ3) is 13.8. The molecule has 5 amide bonds. The van der Waals surface area contributed by atoms with Gasteiger partial charge >= 0.3 is 6.18 Å². The number of carbonyl (C=O) groups excluding carboxylic acids is 5. The van der Waals surface area contributed by atoms with E-state index in [2.05, 4.69) is 62.3 Å². The summed E-state index contributed by atoms with van der Waals surface area (Å²) in [7, 11) is 0. The number of aromatic nitrogens is 3. The molecule has 6 atom stereocenters. The quantitative estimate of drug-likeness (QED) is 0.0777. The molecule has 20 heteroatoms. The van der Waals surface area contributed by atoms with Gasteiger partial charge in [-0.2, -0.15) is 13.2 Å². The number of benzene rings is 1. The van der Waals surface area contributed by atoms with Crippen molar-refractivity contribution in [2.24, 2.45) is 11.8 Å². The molecule has 2 aliphatic heterocycles. The van der Waals surface area contributed by atoms with Gasteiger partial charge in [-0.1, -0.05) is 6.07 Å². The van der Waals surface area contributed by atoms with Crippen LogP contribution in [0.2, 0.25) is 0 Å². The average Bonchev–Trinajstić information content (AvgIpc) is 3.96. The largest absolute Gasteiger partial charge is 0.416 e. The van der Waals surface area contributed by atoms with Crippen LogP contribution >= 0.6 is 0 Å². The van der Waals surface area contributed by atoms with Gasteiger partial charge in [0, 0.05) is 79.9 Å². The Labute approximate surface area is 443 Å². The molecule has 9 rings (SSSR count). The summed E-state index contributed by atoms with van der Waals surface area (Å²) < 4.78 is 53.2. The summed E-state index contributed by atoms with van der Waals surface area (Å²) in [6.45, 7) is 8.01. The van der Waals surface area contributed by atoms with Gasteiger partial charge in [0.25, 0.3) is 0 Å². The van der Waals surface area contributed by atoms with Crippen molar-refractivity contribution in [1.29, 1.82) is 0 Å². The lowest BCUT2D eigenvalue weighted by atomic mass is 9.82. The van der Waals surface area contributed by atoms with Gasteiger partial charge in [0.05, 0.1) is 53.9 Å². The minimum absolute atomic E-state index is 0.0134. The number of alkyl halides is 3. The van der Waals surface area contributed by atoms with E-state index in [9.17, 15) is 37.1 Å². The molecule has 4 saturated carbocycles. The number of rotatable bonds is 19. The van der Waals surface area contributed by atoms with E-state index >= 15 is 0 Å². The average molecular weight is 1060 g/mol. The predicted octanol–water partition coefficient (Wildman–Crippen LogP) is 6.91. The normalized spacial score (nSPS) is 28.6. The molecule has 4 heterocycles. The molecule has 0 bridgehead atoms. The van der Waals surface area contributed by atoms with Crippen LogP contribution in [0.15, 0.2) is 49.1 Å². The Bertz CT molecular complexity index is 2500. The summed E-state index contributed by atoms with van der Waals surface area (Å²) in [6, 6.07) is 5.84. The third-order valence-electron chi connectivity index (χ3n) is 16.6. The van der Waals surface area contributed by atoms with Crippen LogP contribution in [0.3, 0.4) is 0 Å². The Morgan fingerprint density at radius 1 is 0.816 bits per heavy atom. The molecule has 0 spiro atoms. The number of hydrogen-bond acceptors (Lipinski definition) is 12. The number of nitrogens with one attached hydrogen (secondary N) is 5. The fraction of sp³-hybridized carbons (Fsp3) is 0.679. The van der Waals surface area contributed by atoms with Crippen LogP contribution in [0.4, 0.5) is 19.0 Å². The highest BCUT2D eigenvalue weighted by Crippen LogP contribution is 2.44. The standard InChI is InChI=1S/C56H77F3N10O7/c1-55(2,3)67-38-16-22-47(68-26-23-45(54(68)74)65-51-42-29-36(56(57,58)59)13-21-44(42)62-33-63-51)46(30-38)66-52(72)34-11-14-37(15-12-34)64-48(70)10-6-27-75-40-17-19-41(20-18-40)76-28-25-61-53(73)43-31-49(71)69(39-8-4-9-39)50(43)35-7-5-24-60-32-35/h5,7,13,21,24,29,32-34,37-41,43,45-47,50,67H,4,6,8-12,14-20,22-23,25-28,30-31H2,1-3H3,(H,61,73)(H,64,70)(H,66,72)(H,62,63,65)/t34?,37?,38-,40?,41?,43+,45+,46-,47+,50-/m1/s1. The van der Waals surface area contributed by atoms with E-state index in [0.717, 1.165) is 69.1 Å². The smallest absolute Gasteiger partial charge is 0.378 e. The monoisotopic (exact) mass is 1060 g/mol. The fourth-order valence-electron chi connectivity index (χ4n) is 12.6. The van der Waals surface area contributed by atoms with E-state index in [0.29, 0.717) is 89.6 Å². The number of pyridine rings is 1. The number of anilines is 1. The first-order valence-corrected chi connectivity index (χ1v) is 28.0. The maximum absolute atomic E-state index is 14.1. The third-order valence-corrected chi connectivity index (χ3v) is 16.6. The van der Waals surface area contributed by atoms with Gasteiger partial charge in [0.1, 0.15) is 18.2 Å². The van der Waals surface area contributed by atoms with Crippen molar-refractivity contribution in [3.63, 3.8) is 0 Å². The second-order valence-electron chi connectivity index (χ2n) is 23.1. The van der Waals surface area contributed by atoms with E-state index < -0.39 is 23.7 Å². The Balaban J connectivity index is 0.662. The minimum Gasteiger partial charge on any atom is -0.378 e. The first-order chi connectivity index (χ1) is 36.5. The molecular formula is C56H77F3N10O7. The predicted molar refractivity (Wildman–Crippen MR) is 278 cm³/mol. The maximum Gasteiger partial charge on any atom is 0.416 e. The van der Waals surface area contributed by atoms with Crippen LogP contribution in [0, 0.1) is 11.8 Å². The van der Waals surface area contributed by atoms with Gasteiger partial charge < -0.3 is 45.9 Å². The summed E-state index contributed by atoms with van der Waals surface area (Å²) in [5, 5.41) is 16.6. The SMILES string of the molecule is CC(C)(C)N[C@@H]1CC[C@H](N2CC[C@H](Nc3ncnc4ccc(C(F)(F)F)cc34)C2=O)[C@H](NC(=O)C2CCC(NC(=O)CCCOC3CCC(OCCNC(=O)[C@H]4CC(=O)N(C5CCC5)[C@@H]4c4cccnc4)CC3)CC2)C1. The van der Waals surface area contributed by atoms with Crippen molar-refractivity contribution in [1.82, 2.24) is 46.0 Å². The van der Waals surface area contributed by atoms with Crippen molar-refractivity contribution in [3.05, 3.63) is 60.2 Å². The Morgan fingerprint density at radius 2 is 1.55 bits per heavy atom. The second-order valence-corrected chi connectivity index (χ2v) is 23.1. The van der Waals surface area contributed by atoms with Crippen molar-refractivity contribution < 1.29 is 46.6 Å². The van der Waals surface area contributed by atoms with Crippen molar-refractivity contribution >= 4 is 46.3 Å². The summed E-state index contributed by atoms with van der Waals surface area (Å²) in [5.41, 5.74) is 0.257. The molecule has 1 aromatic carbocycles. The number of carbonyl (C=O) groups is 5. The fourth-order valence-corrected chi connectivity index (χ4v) is 12.6. The van der Waals surface area contributed by atoms with Crippen molar-refractivity contribution in [3.8, 4) is 0 Å². The van der Waals surface area contributed by atoms with Crippen molar-refractivity contribution in [2.45, 2.75) is 203 Å². The molecule has 414 valence electrons. The van der Waals surface area contributed by atoms with E-state index in [1.165, 1.54) is 12.4 Å². The number of hydrogen-bond donors (Lipinski definition) is 5. The van der Waals surface area contributed by atoms with Crippen LogP contribution < -0.4 is 26.6 Å². The van der Waals surface area contributed by atoms with Crippen LogP contribution in [0.25, 0.3) is 10.9 Å². The molecule has 2 aromatic heterocycles. The number of ether oxygens (including phenoxy) is 2. The Morgan fingerprint density at radius 3 is 2.24 bits per heavy atom. The topological polar surface area (TPSA) is 209 Å². The molecule has 5 N–H and O–H groups in total. The summed E-state index contributed by atoms with van der Waals surface area (Å²) in [5.74, 6) is -0.842. The number of amides is 5. The van der Waals surface area contributed by atoms with Gasteiger partial charge in [0.15, 0.2) is 0 Å².